The number of allylic oxidation sites excluding steroid dienone is 1. The molecular formula is C11H9ClO4. The molecule has 1 rings (SSSR count). The first-order valence-corrected chi connectivity index (χ1v) is 4.93. The first-order chi connectivity index (χ1) is 7.56. The highest BCUT2D eigenvalue weighted by molar-refractivity contribution is 6.19. The van der Waals surface area contributed by atoms with Crippen LogP contribution in [0.3, 0.4) is 0 Å². The predicted molar refractivity (Wildman–Crippen MR) is 60.1 cm³/mol. The van der Waals surface area contributed by atoms with Crippen LogP contribution in [0.25, 0.3) is 6.08 Å². The van der Waals surface area contributed by atoms with Crippen molar-refractivity contribution in [2.45, 2.75) is 0 Å². The molecule has 0 spiro atoms. The molecular weight excluding hydrogens is 232 g/mol. The van der Waals surface area contributed by atoms with Crippen LogP contribution in [0.1, 0.15) is 26.3 Å². The number of benzene rings is 1. The lowest BCUT2D eigenvalue weighted by Gasteiger charge is -2.02. The van der Waals surface area contributed by atoms with E-state index in [0.29, 0.717) is 5.56 Å². The van der Waals surface area contributed by atoms with Crippen LogP contribution in [0.4, 0.5) is 0 Å². The fourth-order valence-corrected chi connectivity index (χ4v) is 1.28. The van der Waals surface area contributed by atoms with Gasteiger partial charge in [0.1, 0.15) is 0 Å². The Labute approximate surface area is 96.8 Å². The van der Waals surface area contributed by atoms with E-state index in [-0.39, 0.29) is 17.0 Å². The molecule has 2 N–H and O–H groups in total. The Morgan fingerprint density at radius 2 is 1.94 bits per heavy atom. The standard InChI is InChI=1S/C11H9ClO4/c12-5-1-2-7-3-4-8(10(13)14)6-9(7)11(15)16/h1-4,6H,5H2,(H,13,14)(H,15,16). The molecule has 0 saturated heterocycles. The number of rotatable bonds is 4. The lowest BCUT2D eigenvalue weighted by atomic mass is 10.0. The molecule has 0 radical (unpaired) electrons. The normalized spacial score (nSPS) is 10.6. The van der Waals surface area contributed by atoms with Gasteiger partial charge in [0, 0.05) is 5.88 Å². The van der Waals surface area contributed by atoms with Crippen LogP contribution in [0.2, 0.25) is 0 Å². The highest BCUT2D eigenvalue weighted by Gasteiger charge is 2.11. The largest absolute Gasteiger partial charge is 0.478 e. The van der Waals surface area contributed by atoms with Gasteiger partial charge in [0.2, 0.25) is 0 Å². The Balaban J connectivity index is 3.24. The summed E-state index contributed by atoms with van der Waals surface area (Å²) in [7, 11) is 0. The molecule has 0 amide bonds. The van der Waals surface area contributed by atoms with Crippen LogP contribution in [0, 0.1) is 0 Å². The molecule has 0 heterocycles. The highest BCUT2D eigenvalue weighted by Crippen LogP contribution is 2.14. The van der Waals surface area contributed by atoms with Crippen molar-refractivity contribution in [3.05, 3.63) is 41.0 Å². The number of hydrogen-bond acceptors (Lipinski definition) is 2. The van der Waals surface area contributed by atoms with Crippen LogP contribution < -0.4 is 0 Å². The Morgan fingerprint density at radius 3 is 2.44 bits per heavy atom. The van der Waals surface area contributed by atoms with Gasteiger partial charge in [0.15, 0.2) is 0 Å². The van der Waals surface area contributed by atoms with Crippen LogP contribution >= 0.6 is 11.6 Å². The molecule has 4 nitrogen and oxygen atoms in total. The third kappa shape index (κ3) is 2.84. The van der Waals surface area contributed by atoms with Crippen LogP contribution in [-0.4, -0.2) is 28.0 Å². The molecule has 5 heteroatoms. The lowest BCUT2D eigenvalue weighted by molar-refractivity contribution is 0.0695. The van der Waals surface area contributed by atoms with Crippen molar-refractivity contribution >= 4 is 29.6 Å². The van der Waals surface area contributed by atoms with Crippen molar-refractivity contribution in [1.82, 2.24) is 0 Å². The van der Waals surface area contributed by atoms with Crippen molar-refractivity contribution in [3.63, 3.8) is 0 Å². The van der Waals surface area contributed by atoms with Gasteiger partial charge >= 0.3 is 11.9 Å². The van der Waals surface area contributed by atoms with Crippen molar-refractivity contribution in [2.75, 3.05) is 5.88 Å². The van der Waals surface area contributed by atoms with Crippen molar-refractivity contribution < 1.29 is 19.8 Å². The van der Waals surface area contributed by atoms with Gasteiger partial charge in [-0.3, -0.25) is 0 Å². The first-order valence-electron chi connectivity index (χ1n) is 4.39. The molecule has 0 atom stereocenters. The fourth-order valence-electron chi connectivity index (χ4n) is 1.19. The van der Waals surface area contributed by atoms with E-state index in [1.807, 2.05) is 0 Å². The van der Waals surface area contributed by atoms with Gasteiger partial charge in [-0.25, -0.2) is 9.59 Å². The lowest BCUT2D eigenvalue weighted by Crippen LogP contribution is -2.04. The smallest absolute Gasteiger partial charge is 0.336 e. The minimum Gasteiger partial charge on any atom is -0.478 e. The van der Waals surface area contributed by atoms with E-state index in [1.54, 1.807) is 12.2 Å². The summed E-state index contributed by atoms with van der Waals surface area (Å²) in [5.74, 6) is -2.06. The van der Waals surface area contributed by atoms with Crippen molar-refractivity contribution in [1.29, 1.82) is 0 Å². The number of carboxylic acid groups (broad SMARTS) is 2. The summed E-state index contributed by atoms with van der Waals surface area (Å²) in [6.07, 6.45) is 3.13. The van der Waals surface area contributed by atoms with Gasteiger partial charge in [-0.1, -0.05) is 18.2 Å². The number of halogens is 1. The van der Waals surface area contributed by atoms with E-state index in [9.17, 15) is 9.59 Å². The summed E-state index contributed by atoms with van der Waals surface area (Å²) >= 11 is 5.44. The summed E-state index contributed by atoms with van der Waals surface area (Å²) < 4.78 is 0. The highest BCUT2D eigenvalue weighted by atomic mass is 35.5. The Bertz CT molecular complexity index is 451. The van der Waals surface area contributed by atoms with Crippen LogP contribution in [0.15, 0.2) is 24.3 Å². The molecule has 0 bridgehead atoms. The molecule has 0 aromatic heterocycles. The van der Waals surface area contributed by atoms with Gasteiger partial charge in [-0.05, 0) is 17.7 Å². The van der Waals surface area contributed by atoms with Gasteiger partial charge in [-0.15, -0.1) is 11.6 Å². The van der Waals surface area contributed by atoms with Crippen LogP contribution in [0.5, 0.6) is 0 Å². The second kappa shape index (κ2) is 5.32. The average molecular weight is 241 g/mol. The minimum absolute atomic E-state index is 0.0544. The van der Waals surface area contributed by atoms with Gasteiger partial charge < -0.3 is 10.2 Å². The average Bonchev–Trinajstić information content (AvgIpc) is 2.25. The minimum atomic E-state index is -1.17. The summed E-state index contributed by atoms with van der Waals surface area (Å²) in [6.45, 7) is 0. The number of alkyl halides is 1. The summed E-state index contributed by atoms with van der Waals surface area (Å²) in [6, 6.07) is 3.91. The number of hydrogen-bond donors (Lipinski definition) is 2. The molecule has 0 aliphatic carbocycles. The monoisotopic (exact) mass is 240 g/mol. The molecule has 84 valence electrons. The van der Waals surface area contributed by atoms with Gasteiger partial charge in [-0.2, -0.15) is 0 Å². The summed E-state index contributed by atoms with van der Waals surface area (Å²) in [5.41, 5.74) is 0.319. The maximum absolute atomic E-state index is 10.9. The Morgan fingerprint density at radius 1 is 1.25 bits per heavy atom. The number of aromatic carboxylic acids is 2. The second-order valence-electron chi connectivity index (χ2n) is 2.97. The Kier molecular flexibility index (Phi) is 4.08. The van der Waals surface area contributed by atoms with E-state index >= 15 is 0 Å². The van der Waals surface area contributed by atoms with E-state index in [0.717, 1.165) is 6.07 Å². The van der Waals surface area contributed by atoms with E-state index < -0.39 is 11.9 Å². The quantitative estimate of drug-likeness (QED) is 0.792. The van der Waals surface area contributed by atoms with Crippen LogP contribution in [-0.2, 0) is 0 Å². The molecule has 1 aromatic rings. The van der Waals surface area contributed by atoms with E-state index in [2.05, 4.69) is 0 Å². The first kappa shape index (κ1) is 12.3. The molecule has 16 heavy (non-hydrogen) atoms. The molecule has 0 fully saturated rings. The van der Waals surface area contributed by atoms with Crippen molar-refractivity contribution in [2.24, 2.45) is 0 Å². The maximum atomic E-state index is 10.9. The van der Waals surface area contributed by atoms with E-state index in [4.69, 9.17) is 21.8 Å². The zero-order valence-corrected chi connectivity index (χ0v) is 8.94. The van der Waals surface area contributed by atoms with Gasteiger partial charge in [0.05, 0.1) is 11.1 Å². The topological polar surface area (TPSA) is 74.6 Å². The maximum Gasteiger partial charge on any atom is 0.336 e. The zero-order valence-electron chi connectivity index (χ0n) is 8.18. The molecule has 0 aliphatic rings. The van der Waals surface area contributed by atoms with E-state index in [1.165, 1.54) is 12.1 Å². The fraction of sp³-hybridized carbons (Fsp3) is 0.0909. The predicted octanol–water partition coefficient (Wildman–Crippen LogP) is 2.33. The second-order valence-corrected chi connectivity index (χ2v) is 3.28. The summed E-state index contributed by atoms with van der Waals surface area (Å²) in [4.78, 5) is 21.6. The summed E-state index contributed by atoms with van der Waals surface area (Å²) in [5, 5.41) is 17.6. The zero-order chi connectivity index (χ0) is 12.1. The van der Waals surface area contributed by atoms with Crippen molar-refractivity contribution in [3.8, 4) is 0 Å². The molecule has 0 saturated carbocycles. The third-order valence-corrected chi connectivity index (χ3v) is 2.10. The SMILES string of the molecule is O=C(O)c1ccc(C=CCCl)c(C(=O)O)c1. The molecule has 0 unspecified atom stereocenters. The number of carbonyl (C=O) groups is 2. The number of carboxylic acids is 2. The Hall–Kier alpha value is -1.81. The third-order valence-electron chi connectivity index (χ3n) is 1.92. The molecule has 1 aromatic carbocycles. The molecule has 0 aliphatic heterocycles. The van der Waals surface area contributed by atoms with Gasteiger partial charge in [0.25, 0.3) is 0 Å².